The SMILES string of the molecule is CC(C)C(O)c1cc(-c2ccc(Cl)cc2Cl)c(Cl)c2nc3n(c12)CCCN3. The molecule has 1 atom stereocenters. The number of aliphatic hydroxyl groups excluding tert-OH is 1. The molecule has 0 radical (unpaired) electrons. The van der Waals surface area contributed by atoms with E-state index in [-0.39, 0.29) is 5.92 Å². The van der Waals surface area contributed by atoms with Gasteiger partial charge >= 0.3 is 0 Å². The Hall–Kier alpha value is -1.46. The van der Waals surface area contributed by atoms with E-state index in [1.807, 2.05) is 26.0 Å². The summed E-state index contributed by atoms with van der Waals surface area (Å²) in [6, 6.07) is 7.25. The highest BCUT2D eigenvalue weighted by atomic mass is 35.5. The molecule has 2 aromatic carbocycles. The van der Waals surface area contributed by atoms with Gasteiger partial charge in [0, 0.05) is 39.8 Å². The summed E-state index contributed by atoms with van der Waals surface area (Å²) < 4.78 is 2.11. The first-order valence-corrected chi connectivity index (χ1v) is 10.1. The molecule has 0 saturated heterocycles. The van der Waals surface area contributed by atoms with Gasteiger partial charge in [0.25, 0.3) is 0 Å². The van der Waals surface area contributed by atoms with Crippen molar-refractivity contribution in [2.75, 3.05) is 11.9 Å². The van der Waals surface area contributed by atoms with E-state index >= 15 is 0 Å². The lowest BCUT2D eigenvalue weighted by molar-refractivity contribution is 0.128. The van der Waals surface area contributed by atoms with Crippen molar-refractivity contribution in [1.29, 1.82) is 0 Å². The number of hydrogen-bond donors (Lipinski definition) is 2. The topological polar surface area (TPSA) is 50.1 Å². The van der Waals surface area contributed by atoms with Gasteiger partial charge in [-0.1, -0.05) is 54.7 Å². The van der Waals surface area contributed by atoms with Crippen LogP contribution < -0.4 is 5.32 Å². The maximum atomic E-state index is 10.9. The lowest BCUT2D eigenvalue weighted by atomic mass is 9.93. The molecule has 1 aliphatic heterocycles. The smallest absolute Gasteiger partial charge is 0.203 e. The molecule has 1 aromatic heterocycles. The third-order valence-corrected chi connectivity index (χ3v) is 5.93. The van der Waals surface area contributed by atoms with E-state index < -0.39 is 6.10 Å². The first kappa shape index (κ1) is 18.9. The summed E-state index contributed by atoms with van der Waals surface area (Å²) in [5, 5.41) is 15.8. The zero-order valence-corrected chi connectivity index (χ0v) is 17.3. The Morgan fingerprint density at radius 1 is 1.15 bits per heavy atom. The number of halogens is 3. The predicted octanol–water partition coefficient (Wildman–Crippen LogP) is 6.17. The zero-order chi connectivity index (χ0) is 19.3. The van der Waals surface area contributed by atoms with E-state index in [2.05, 4.69) is 9.88 Å². The van der Waals surface area contributed by atoms with Crippen molar-refractivity contribution in [3.05, 3.63) is 44.9 Å². The van der Waals surface area contributed by atoms with Crippen LogP contribution in [0.4, 0.5) is 5.95 Å². The van der Waals surface area contributed by atoms with Crippen LogP contribution in [-0.4, -0.2) is 21.2 Å². The molecule has 1 unspecified atom stereocenters. The number of nitrogens with one attached hydrogen (secondary N) is 1. The largest absolute Gasteiger partial charge is 0.388 e. The average molecular weight is 425 g/mol. The molecule has 4 nitrogen and oxygen atoms in total. The van der Waals surface area contributed by atoms with E-state index in [0.717, 1.165) is 47.7 Å². The van der Waals surface area contributed by atoms with Gasteiger partial charge in [-0.2, -0.15) is 0 Å². The van der Waals surface area contributed by atoms with Crippen molar-refractivity contribution in [3.8, 4) is 11.1 Å². The number of hydrogen-bond acceptors (Lipinski definition) is 3. The van der Waals surface area contributed by atoms with Crippen molar-refractivity contribution < 1.29 is 5.11 Å². The molecule has 0 spiro atoms. The Morgan fingerprint density at radius 3 is 2.63 bits per heavy atom. The Morgan fingerprint density at radius 2 is 1.93 bits per heavy atom. The standard InChI is InChI=1S/C20H20Cl3N3O/c1-10(2)19(27)14-9-13(12-5-4-11(21)8-15(12)22)16(23)17-18(14)26-7-3-6-24-20(26)25-17/h4-5,8-10,19,27H,3,6-7H2,1-2H3,(H,24,25). The number of benzene rings is 2. The van der Waals surface area contributed by atoms with Gasteiger partial charge in [0.2, 0.25) is 5.95 Å². The van der Waals surface area contributed by atoms with Crippen molar-refractivity contribution >= 4 is 51.8 Å². The fourth-order valence-corrected chi connectivity index (χ4v) is 4.39. The van der Waals surface area contributed by atoms with Crippen LogP contribution in [0.5, 0.6) is 0 Å². The maximum Gasteiger partial charge on any atom is 0.203 e. The summed E-state index contributed by atoms with van der Waals surface area (Å²) in [6.07, 6.45) is 0.357. The van der Waals surface area contributed by atoms with Gasteiger partial charge in [0.05, 0.1) is 16.6 Å². The van der Waals surface area contributed by atoms with Crippen molar-refractivity contribution in [1.82, 2.24) is 9.55 Å². The van der Waals surface area contributed by atoms with E-state index in [0.29, 0.717) is 20.6 Å². The Kier molecular flexibility index (Phi) is 5.02. The highest BCUT2D eigenvalue weighted by Crippen LogP contribution is 2.43. The van der Waals surface area contributed by atoms with E-state index in [1.54, 1.807) is 12.1 Å². The molecule has 7 heteroatoms. The van der Waals surface area contributed by atoms with Gasteiger partial charge in [-0.15, -0.1) is 0 Å². The molecule has 0 fully saturated rings. The zero-order valence-electron chi connectivity index (χ0n) is 15.1. The van der Waals surface area contributed by atoms with E-state index in [4.69, 9.17) is 39.8 Å². The van der Waals surface area contributed by atoms with Crippen LogP contribution in [0.15, 0.2) is 24.3 Å². The Balaban J connectivity index is 2.05. The monoisotopic (exact) mass is 423 g/mol. The lowest BCUT2D eigenvalue weighted by Gasteiger charge is -2.22. The number of imidazole rings is 1. The molecule has 3 aromatic rings. The molecule has 2 N–H and O–H groups in total. The first-order valence-electron chi connectivity index (χ1n) is 8.98. The third kappa shape index (κ3) is 3.19. The van der Waals surface area contributed by atoms with E-state index in [1.165, 1.54) is 0 Å². The maximum absolute atomic E-state index is 10.9. The number of rotatable bonds is 3. The molecule has 2 heterocycles. The van der Waals surface area contributed by atoms with E-state index in [9.17, 15) is 5.11 Å². The van der Waals surface area contributed by atoms with Crippen LogP contribution in [0.3, 0.4) is 0 Å². The van der Waals surface area contributed by atoms with Gasteiger partial charge in [-0.3, -0.25) is 0 Å². The average Bonchev–Trinajstić information content (AvgIpc) is 3.02. The number of aliphatic hydroxyl groups is 1. The number of aromatic nitrogens is 2. The van der Waals surface area contributed by atoms with Gasteiger partial charge < -0.3 is 15.0 Å². The summed E-state index contributed by atoms with van der Waals surface area (Å²) >= 11 is 19.3. The fraction of sp³-hybridized carbons (Fsp3) is 0.350. The first-order chi connectivity index (χ1) is 12.9. The van der Waals surface area contributed by atoms with Gasteiger partial charge in [0.1, 0.15) is 5.52 Å². The summed E-state index contributed by atoms with van der Waals surface area (Å²) in [6.45, 7) is 5.70. The predicted molar refractivity (Wildman–Crippen MR) is 113 cm³/mol. The van der Waals surface area contributed by atoms with Crippen LogP contribution in [0.2, 0.25) is 15.1 Å². The molecule has 142 valence electrons. The normalized spacial score (nSPS) is 15.1. The molecule has 1 aliphatic rings. The molecule has 27 heavy (non-hydrogen) atoms. The van der Waals surface area contributed by atoms with Gasteiger partial charge in [0.15, 0.2) is 0 Å². The summed E-state index contributed by atoms with van der Waals surface area (Å²) in [7, 11) is 0. The number of anilines is 1. The summed E-state index contributed by atoms with van der Waals surface area (Å²) in [5.41, 5.74) is 3.89. The number of aryl methyl sites for hydroxylation is 1. The minimum absolute atomic E-state index is 0.0469. The Bertz CT molecular complexity index is 1030. The molecule has 4 rings (SSSR count). The highest BCUT2D eigenvalue weighted by molar-refractivity contribution is 6.40. The van der Waals surface area contributed by atoms with Crippen molar-refractivity contribution in [2.24, 2.45) is 5.92 Å². The number of fused-ring (bicyclic) bond motifs is 3. The Labute approximate surface area is 173 Å². The highest BCUT2D eigenvalue weighted by Gasteiger charge is 2.26. The minimum atomic E-state index is -0.641. The van der Waals surface area contributed by atoms with Gasteiger partial charge in [-0.05, 0) is 30.5 Å². The lowest BCUT2D eigenvalue weighted by Crippen LogP contribution is -2.18. The van der Waals surface area contributed by atoms with Crippen molar-refractivity contribution in [2.45, 2.75) is 32.9 Å². The minimum Gasteiger partial charge on any atom is -0.388 e. The second-order valence-corrected chi connectivity index (χ2v) is 8.43. The van der Waals surface area contributed by atoms with Crippen LogP contribution in [0, 0.1) is 5.92 Å². The van der Waals surface area contributed by atoms with Crippen LogP contribution in [0.1, 0.15) is 31.9 Å². The summed E-state index contributed by atoms with van der Waals surface area (Å²) in [5.74, 6) is 0.834. The molecular formula is C20H20Cl3N3O. The van der Waals surface area contributed by atoms with Crippen LogP contribution >= 0.6 is 34.8 Å². The quantitative estimate of drug-likeness (QED) is 0.528. The van der Waals surface area contributed by atoms with Crippen LogP contribution in [0.25, 0.3) is 22.2 Å². The molecule has 0 amide bonds. The van der Waals surface area contributed by atoms with Crippen LogP contribution in [-0.2, 0) is 6.54 Å². The van der Waals surface area contributed by atoms with Crippen molar-refractivity contribution in [3.63, 3.8) is 0 Å². The third-order valence-electron chi connectivity index (χ3n) is 5.00. The van der Waals surface area contributed by atoms with Gasteiger partial charge in [-0.25, -0.2) is 4.98 Å². The summed E-state index contributed by atoms with van der Waals surface area (Å²) in [4.78, 5) is 4.73. The fourth-order valence-electron chi connectivity index (χ4n) is 3.59. The molecule has 0 saturated carbocycles. The molecule has 0 bridgehead atoms. The second kappa shape index (κ2) is 7.17. The molecule has 0 aliphatic carbocycles. The second-order valence-electron chi connectivity index (χ2n) is 7.20. The number of nitrogens with zero attached hydrogens (tertiary/aromatic N) is 2. The molecular weight excluding hydrogens is 405 g/mol.